The zero-order chi connectivity index (χ0) is 21.6. The molecule has 2 aromatic carbocycles. The van der Waals surface area contributed by atoms with Gasteiger partial charge in [0, 0.05) is 36.0 Å². The van der Waals surface area contributed by atoms with Crippen LogP contribution in [0.1, 0.15) is 24.8 Å². The molecule has 3 heterocycles. The number of H-pyrrole nitrogens is 1. The van der Waals surface area contributed by atoms with Crippen LogP contribution in [0.2, 0.25) is 0 Å². The SMILES string of the molecule is CS(=O)(=O)N1CCCCCc2cc3c(-c4ncc[nH]4)c(-c4ccc(F)cc4)oc3cc21. The molecule has 160 valence electrons. The summed E-state index contributed by atoms with van der Waals surface area (Å²) < 4.78 is 46.2. The van der Waals surface area contributed by atoms with Crippen molar-refractivity contribution in [2.24, 2.45) is 0 Å². The number of aryl methyl sites for hydroxylation is 1. The van der Waals surface area contributed by atoms with Gasteiger partial charge in [-0.3, -0.25) is 4.31 Å². The number of fused-ring (bicyclic) bond motifs is 2. The Labute approximate surface area is 179 Å². The van der Waals surface area contributed by atoms with Gasteiger partial charge in [-0.15, -0.1) is 0 Å². The van der Waals surface area contributed by atoms with Crippen LogP contribution in [-0.2, 0) is 16.4 Å². The van der Waals surface area contributed by atoms with E-state index in [1.54, 1.807) is 24.5 Å². The van der Waals surface area contributed by atoms with E-state index in [1.807, 2.05) is 12.1 Å². The van der Waals surface area contributed by atoms with Gasteiger partial charge in [0.2, 0.25) is 10.0 Å². The molecule has 1 N–H and O–H groups in total. The van der Waals surface area contributed by atoms with Crippen molar-refractivity contribution < 1.29 is 17.2 Å². The van der Waals surface area contributed by atoms with Crippen LogP contribution in [0.5, 0.6) is 0 Å². The van der Waals surface area contributed by atoms with Gasteiger partial charge >= 0.3 is 0 Å². The molecule has 0 radical (unpaired) electrons. The zero-order valence-electron chi connectivity index (χ0n) is 17.1. The summed E-state index contributed by atoms with van der Waals surface area (Å²) in [6.45, 7) is 0.452. The highest BCUT2D eigenvalue weighted by atomic mass is 32.2. The van der Waals surface area contributed by atoms with Crippen LogP contribution < -0.4 is 4.31 Å². The number of hydrogen-bond donors (Lipinski definition) is 1. The molecule has 0 saturated carbocycles. The van der Waals surface area contributed by atoms with Crippen molar-refractivity contribution in [2.45, 2.75) is 25.7 Å². The van der Waals surface area contributed by atoms with Crippen molar-refractivity contribution >= 4 is 26.7 Å². The molecule has 2 aromatic heterocycles. The predicted molar refractivity (Wildman–Crippen MR) is 119 cm³/mol. The summed E-state index contributed by atoms with van der Waals surface area (Å²) in [5.74, 6) is 0.879. The van der Waals surface area contributed by atoms with Gasteiger partial charge in [-0.2, -0.15) is 0 Å². The molecule has 5 rings (SSSR count). The number of rotatable bonds is 3. The van der Waals surface area contributed by atoms with Crippen molar-refractivity contribution in [1.82, 2.24) is 9.97 Å². The Kier molecular flexibility index (Phi) is 4.81. The molecule has 8 heteroatoms. The minimum absolute atomic E-state index is 0.328. The maximum absolute atomic E-state index is 13.5. The van der Waals surface area contributed by atoms with Crippen LogP contribution in [0.25, 0.3) is 33.7 Å². The highest BCUT2D eigenvalue weighted by molar-refractivity contribution is 7.92. The highest BCUT2D eigenvalue weighted by Gasteiger charge is 2.26. The van der Waals surface area contributed by atoms with Crippen LogP contribution in [-0.4, -0.2) is 31.2 Å². The van der Waals surface area contributed by atoms with E-state index in [-0.39, 0.29) is 5.82 Å². The summed E-state index contributed by atoms with van der Waals surface area (Å²) in [6.07, 6.45) is 8.22. The number of anilines is 1. The van der Waals surface area contributed by atoms with Crippen molar-refractivity contribution in [3.8, 4) is 22.7 Å². The molecule has 0 saturated heterocycles. The number of halogens is 1. The van der Waals surface area contributed by atoms with Gasteiger partial charge < -0.3 is 9.40 Å². The molecular formula is C23H22FN3O3S. The second-order valence-electron chi connectivity index (χ2n) is 7.87. The molecule has 1 aliphatic rings. The van der Waals surface area contributed by atoms with Crippen molar-refractivity contribution in [3.63, 3.8) is 0 Å². The number of aromatic amines is 1. The second-order valence-corrected chi connectivity index (χ2v) is 9.78. The predicted octanol–water partition coefficient (Wildman–Crippen LogP) is 5.12. The Bertz CT molecular complexity index is 1340. The summed E-state index contributed by atoms with van der Waals surface area (Å²) in [7, 11) is -3.42. The first-order valence-corrected chi connectivity index (χ1v) is 12.1. The van der Waals surface area contributed by atoms with Crippen molar-refractivity contribution in [1.29, 1.82) is 0 Å². The zero-order valence-corrected chi connectivity index (χ0v) is 17.9. The maximum Gasteiger partial charge on any atom is 0.232 e. The molecule has 0 fully saturated rings. The Morgan fingerprint density at radius 2 is 1.94 bits per heavy atom. The van der Waals surface area contributed by atoms with E-state index in [2.05, 4.69) is 9.97 Å². The lowest BCUT2D eigenvalue weighted by molar-refractivity contribution is 0.588. The smallest absolute Gasteiger partial charge is 0.232 e. The molecule has 0 spiro atoms. The first kappa shape index (κ1) is 19.8. The van der Waals surface area contributed by atoms with Gasteiger partial charge in [-0.1, -0.05) is 6.42 Å². The van der Waals surface area contributed by atoms with E-state index in [4.69, 9.17) is 4.42 Å². The van der Waals surface area contributed by atoms with Crippen LogP contribution in [0.15, 0.2) is 53.2 Å². The lowest BCUT2D eigenvalue weighted by Crippen LogP contribution is -2.32. The minimum atomic E-state index is -3.42. The fourth-order valence-corrected chi connectivity index (χ4v) is 5.25. The number of furan rings is 1. The average molecular weight is 440 g/mol. The van der Waals surface area contributed by atoms with Crippen LogP contribution in [0.4, 0.5) is 10.1 Å². The molecule has 4 aromatic rings. The van der Waals surface area contributed by atoms with E-state index in [0.29, 0.717) is 29.4 Å². The molecule has 0 unspecified atom stereocenters. The summed E-state index contributed by atoms with van der Waals surface area (Å²) in [5.41, 5.74) is 3.70. The summed E-state index contributed by atoms with van der Waals surface area (Å²) in [4.78, 5) is 7.55. The number of nitrogens with one attached hydrogen (secondary N) is 1. The number of nitrogens with zero attached hydrogens (tertiary/aromatic N) is 2. The lowest BCUT2D eigenvalue weighted by atomic mass is 9.98. The quantitative estimate of drug-likeness (QED) is 0.480. The standard InChI is InChI=1S/C23H22FN3O3S/c1-31(28,29)27-12-4-2-3-5-16-13-18-20(14-19(16)27)30-22(15-6-8-17(24)9-7-15)21(18)23-25-10-11-26-23/h6-11,13-14H,2-5,12H2,1H3,(H,25,26). The third-order valence-corrected chi connectivity index (χ3v) is 6.89. The van der Waals surface area contributed by atoms with Gasteiger partial charge in [0.05, 0.1) is 17.5 Å². The Morgan fingerprint density at radius 3 is 2.65 bits per heavy atom. The molecule has 31 heavy (non-hydrogen) atoms. The lowest BCUT2D eigenvalue weighted by Gasteiger charge is -2.27. The Hall–Kier alpha value is -3.13. The third kappa shape index (κ3) is 3.61. The largest absolute Gasteiger partial charge is 0.455 e. The highest BCUT2D eigenvalue weighted by Crippen LogP contribution is 2.43. The number of benzene rings is 2. The summed E-state index contributed by atoms with van der Waals surface area (Å²) in [5, 5.41) is 0.849. The van der Waals surface area contributed by atoms with Gasteiger partial charge in [0.25, 0.3) is 0 Å². The molecular weight excluding hydrogens is 417 g/mol. The Morgan fingerprint density at radius 1 is 1.13 bits per heavy atom. The normalized spacial score (nSPS) is 15.0. The first-order chi connectivity index (χ1) is 14.9. The Balaban J connectivity index is 1.79. The van der Waals surface area contributed by atoms with Gasteiger partial charge in [-0.25, -0.2) is 17.8 Å². The second kappa shape index (κ2) is 7.53. The van der Waals surface area contributed by atoms with Crippen molar-refractivity contribution in [3.05, 3.63) is 60.2 Å². The van der Waals surface area contributed by atoms with E-state index in [9.17, 15) is 12.8 Å². The number of imidazole rings is 1. The molecule has 0 bridgehead atoms. The monoisotopic (exact) mass is 439 g/mol. The van der Waals surface area contributed by atoms with Gasteiger partial charge in [0.1, 0.15) is 23.0 Å². The van der Waals surface area contributed by atoms with Crippen LogP contribution in [0, 0.1) is 5.82 Å². The molecule has 6 nitrogen and oxygen atoms in total. The maximum atomic E-state index is 13.5. The molecule has 0 aliphatic carbocycles. The van der Waals surface area contributed by atoms with E-state index < -0.39 is 10.0 Å². The number of hydrogen-bond acceptors (Lipinski definition) is 4. The molecule has 1 aliphatic heterocycles. The molecule has 0 amide bonds. The number of aromatic nitrogens is 2. The van der Waals surface area contributed by atoms with Gasteiger partial charge in [-0.05, 0) is 55.2 Å². The van der Waals surface area contributed by atoms with Gasteiger partial charge in [0.15, 0.2) is 0 Å². The van der Waals surface area contributed by atoms with Crippen LogP contribution >= 0.6 is 0 Å². The fourth-order valence-electron chi connectivity index (χ4n) is 4.26. The van der Waals surface area contributed by atoms with E-state index >= 15 is 0 Å². The summed E-state index contributed by atoms with van der Waals surface area (Å²) >= 11 is 0. The fraction of sp³-hybridized carbons (Fsp3) is 0.261. The molecule has 0 atom stereocenters. The van der Waals surface area contributed by atoms with Crippen molar-refractivity contribution in [2.75, 3.05) is 17.1 Å². The van der Waals surface area contributed by atoms with E-state index in [1.165, 1.54) is 22.7 Å². The average Bonchev–Trinajstić information content (AvgIpc) is 3.34. The summed E-state index contributed by atoms with van der Waals surface area (Å²) in [6, 6.07) is 9.94. The minimum Gasteiger partial charge on any atom is -0.455 e. The third-order valence-electron chi connectivity index (χ3n) is 5.71. The topological polar surface area (TPSA) is 79.2 Å². The number of sulfonamides is 1. The van der Waals surface area contributed by atoms with E-state index in [0.717, 1.165) is 47.8 Å². The first-order valence-electron chi connectivity index (χ1n) is 10.2. The van der Waals surface area contributed by atoms with Crippen LogP contribution in [0.3, 0.4) is 0 Å².